The Bertz CT molecular complexity index is 410. The molecule has 0 aromatic carbocycles. The van der Waals surface area contributed by atoms with Crippen LogP contribution in [0.2, 0.25) is 0 Å². The monoisotopic (exact) mass is 310 g/mol. The fourth-order valence-electron chi connectivity index (χ4n) is 2.18. The lowest BCUT2D eigenvalue weighted by atomic mass is 10.3. The van der Waals surface area contributed by atoms with E-state index in [1.165, 1.54) is 29.1 Å². The number of hydrogen-bond acceptors (Lipinski definition) is 3. The molecule has 0 aliphatic heterocycles. The Balaban J connectivity index is 2.14. The number of thiophene rings is 1. The van der Waals surface area contributed by atoms with Gasteiger partial charge in [-0.1, -0.05) is 13.8 Å². The van der Waals surface area contributed by atoms with Crippen LogP contribution in [-0.2, 0) is 6.54 Å². The molecule has 0 amide bonds. The van der Waals surface area contributed by atoms with Gasteiger partial charge in [0, 0.05) is 23.3 Å². The molecule has 0 fully saturated rings. The predicted molar refractivity (Wildman–Crippen MR) is 94.3 cm³/mol. The molecule has 0 spiro atoms. The first-order valence-electron chi connectivity index (χ1n) is 7.91. The molecule has 4 nitrogen and oxygen atoms in total. The Hall–Kier alpha value is -1.07. The van der Waals surface area contributed by atoms with Gasteiger partial charge in [-0.15, -0.1) is 11.3 Å². The fraction of sp³-hybridized carbons (Fsp3) is 0.688. The van der Waals surface area contributed by atoms with Crippen LogP contribution < -0.4 is 10.6 Å². The van der Waals surface area contributed by atoms with E-state index in [1.807, 2.05) is 18.4 Å². The number of aryl methyl sites for hydroxylation is 1. The first-order valence-corrected chi connectivity index (χ1v) is 8.73. The maximum absolute atomic E-state index is 4.26. The molecule has 1 heterocycles. The van der Waals surface area contributed by atoms with E-state index < -0.39 is 0 Å². The average molecular weight is 311 g/mol. The molecule has 0 aliphatic carbocycles. The van der Waals surface area contributed by atoms with E-state index in [-0.39, 0.29) is 0 Å². The molecule has 120 valence electrons. The molecule has 0 bridgehead atoms. The van der Waals surface area contributed by atoms with E-state index in [0.717, 1.165) is 32.1 Å². The minimum Gasteiger partial charge on any atom is -0.356 e. The van der Waals surface area contributed by atoms with Crippen LogP contribution in [0.15, 0.2) is 17.1 Å². The summed E-state index contributed by atoms with van der Waals surface area (Å²) in [5.41, 5.74) is 0. The van der Waals surface area contributed by atoms with Gasteiger partial charge >= 0.3 is 0 Å². The van der Waals surface area contributed by atoms with Gasteiger partial charge in [-0.2, -0.15) is 0 Å². The molecule has 2 N–H and O–H groups in total. The second-order valence-corrected chi connectivity index (χ2v) is 6.47. The molecule has 0 unspecified atom stereocenters. The third kappa shape index (κ3) is 7.48. The molecule has 21 heavy (non-hydrogen) atoms. The van der Waals surface area contributed by atoms with Crippen LogP contribution in [0.25, 0.3) is 0 Å². The average Bonchev–Trinajstić information content (AvgIpc) is 2.91. The Morgan fingerprint density at radius 1 is 1.19 bits per heavy atom. The van der Waals surface area contributed by atoms with Crippen molar-refractivity contribution in [2.45, 2.75) is 40.2 Å². The second kappa shape index (κ2) is 10.6. The zero-order chi connectivity index (χ0) is 15.5. The van der Waals surface area contributed by atoms with Crippen molar-refractivity contribution < 1.29 is 0 Å². The first kappa shape index (κ1) is 18.0. The molecule has 0 saturated carbocycles. The largest absolute Gasteiger partial charge is 0.356 e. The van der Waals surface area contributed by atoms with Gasteiger partial charge < -0.3 is 15.5 Å². The summed E-state index contributed by atoms with van der Waals surface area (Å²) in [5.74, 6) is 0.892. The minimum atomic E-state index is 0.845. The van der Waals surface area contributed by atoms with Crippen LogP contribution >= 0.6 is 11.3 Å². The number of guanidine groups is 1. The SMILES string of the molecule is CCN(CC)CCCCNC(=NC)NCc1ccc(C)s1. The number of unbranched alkanes of at least 4 members (excludes halogenated alkanes) is 1. The van der Waals surface area contributed by atoms with Gasteiger partial charge in [0.15, 0.2) is 5.96 Å². The normalized spacial score (nSPS) is 12.0. The molecule has 0 aliphatic rings. The van der Waals surface area contributed by atoms with E-state index in [0.29, 0.717) is 0 Å². The van der Waals surface area contributed by atoms with Crippen molar-refractivity contribution in [1.29, 1.82) is 0 Å². The van der Waals surface area contributed by atoms with Crippen LogP contribution in [0.5, 0.6) is 0 Å². The van der Waals surface area contributed by atoms with E-state index in [4.69, 9.17) is 0 Å². The van der Waals surface area contributed by atoms with Crippen molar-refractivity contribution in [3.05, 3.63) is 21.9 Å². The molecule has 1 aromatic heterocycles. The summed E-state index contributed by atoms with van der Waals surface area (Å²) >= 11 is 1.83. The highest BCUT2D eigenvalue weighted by molar-refractivity contribution is 7.11. The maximum Gasteiger partial charge on any atom is 0.191 e. The molecule has 1 rings (SSSR count). The number of hydrogen-bond donors (Lipinski definition) is 2. The first-order chi connectivity index (χ1) is 10.2. The van der Waals surface area contributed by atoms with Gasteiger partial charge in [0.05, 0.1) is 6.54 Å². The van der Waals surface area contributed by atoms with Crippen molar-refractivity contribution in [2.75, 3.05) is 33.2 Å². The number of rotatable bonds is 9. The van der Waals surface area contributed by atoms with Gasteiger partial charge in [-0.25, -0.2) is 0 Å². The molecule has 5 heteroatoms. The van der Waals surface area contributed by atoms with E-state index >= 15 is 0 Å². The highest BCUT2D eigenvalue weighted by Gasteiger charge is 2.01. The summed E-state index contributed by atoms with van der Waals surface area (Å²) in [6.45, 7) is 11.9. The molecular weight excluding hydrogens is 280 g/mol. The third-order valence-corrected chi connectivity index (χ3v) is 4.54. The van der Waals surface area contributed by atoms with Crippen molar-refractivity contribution in [2.24, 2.45) is 4.99 Å². The van der Waals surface area contributed by atoms with Gasteiger partial charge in [0.1, 0.15) is 0 Å². The van der Waals surface area contributed by atoms with Crippen LogP contribution in [0.3, 0.4) is 0 Å². The summed E-state index contributed by atoms with van der Waals surface area (Å²) in [7, 11) is 1.82. The van der Waals surface area contributed by atoms with Gasteiger partial charge in [-0.3, -0.25) is 4.99 Å². The quantitative estimate of drug-likeness (QED) is 0.418. The van der Waals surface area contributed by atoms with Crippen LogP contribution in [0.1, 0.15) is 36.4 Å². The Morgan fingerprint density at radius 2 is 1.95 bits per heavy atom. The predicted octanol–water partition coefficient (Wildman–Crippen LogP) is 2.84. The minimum absolute atomic E-state index is 0.845. The number of aliphatic imine (C=N–C) groups is 1. The van der Waals surface area contributed by atoms with Crippen LogP contribution in [-0.4, -0.2) is 44.1 Å². The smallest absolute Gasteiger partial charge is 0.191 e. The lowest BCUT2D eigenvalue weighted by Crippen LogP contribution is -2.37. The van der Waals surface area contributed by atoms with Crippen LogP contribution in [0.4, 0.5) is 0 Å². The van der Waals surface area contributed by atoms with E-state index in [1.54, 1.807) is 0 Å². The second-order valence-electron chi connectivity index (χ2n) is 5.10. The number of nitrogens with one attached hydrogen (secondary N) is 2. The summed E-state index contributed by atoms with van der Waals surface area (Å²) in [5, 5.41) is 6.74. The van der Waals surface area contributed by atoms with Crippen LogP contribution in [0, 0.1) is 6.92 Å². The molecule has 0 radical (unpaired) electrons. The van der Waals surface area contributed by atoms with Crippen molar-refractivity contribution >= 4 is 17.3 Å². The zero-order valence-electron chi connectivity index (χ0n) is 13.9. The van der Waals surface area contributed by atoms with Gasteiger partial charge in [-0.05, 0) is 51.5 Å². The third-order valence-electron chi connectivity index (χ3n) is 3.54. The fourth-order valence-corrected chi connectivity index (χ4v) is 3.01. The van der Waals surface area contributed by atoms with Crippen molar-refractivity contribution in [3.8, 4) is 0 Å². The van der Waals surface area contributed by atoms with Gasteiger partial charge in [0.2, 0.25) is 0 Å². The lowest BCUT2D eigenvalue weighted by molar-refractivity contribution is 0.297. The Labute approximate surface area is 133 Å². The molecule has 1 aromatic rings. The van der Waals surface area contributed by atoms with E-state index in [2.05, 4.69) is 53.4 Å². The standard InChI is InChI=1S/C16H30N4S/c1-5-20(6-2)12-8-7-11-18-16(17-4)19-13-15-10-9-14(3)21-15/h9-10H,5-8,11-13H2,1-4H3,(H2,17,18,19). The van der Waals surface area contributed by atoms with Crippen molar-refractivity contribution in [3.63, 3.8) is 0 Å². The van der Waals surface area contributed by atoms with E-state index in [9.17, 15) is 0 Å². The molecule has 0 saturated heterocycles. The highest BCUT2D eigenvalue weighted by Crippen LogP contribution is 2.14. The molecule has 0 atom stereocenters. The Kier molecular flexibility index (Phi) is 9.10. The van der Waals surface area contributed by atoms with Gasteiger partial charge in [0.25, 0.3) is 0 Å². The Morgan fingerprint density at radius 3 is 2.52 bits per heavy atom. The summed E-state index contributed by atoms with van der Waals surface area (Å²) in [6, 6.07) is 4.33. The zero-order valence-corrected chi connectivity index (χ0v) is 14.7. The summed E-state index contributed by atoms with van der Waals surface area (Å²) in [4.78, 5) is 9.43. The number of nitrogens with zero attached hydrogens (tertiary/aromatic N) is 2. The molecular formula is C16H30N4S. The highest BCUT2D eigenvalue weighted by atomic mass is 32.1. The topological polar surface area (TPSA) is 39.7 Å². The summed E-state index contributed by atoms with van der Waals surface area (Å²) < 4.78 is 0. The van der Waals surface area contributed by atoms with Crippen molar-refractivity contribution in [1.82, 2.24) is 15.5 Å². The maximum atomic E-state index is 4.26. The summed E-state index contributed by atoms with van der Waals surface area (Å²) in [6.07, 6.45) is 2.41. The lowest BCUT2D eigenvalue weighted by Gasteiger charge is -2.17.